The molecule has 0 amide bonds. The Morgan fingerprint density at radius 3 is 2.12 bits per heavy atom. The summed E-state index contributed by atoms with van der Waals surface area (Å²) < 4.78 is 15.0. The molecule has 4 nitrogen and oxygen atoms in total. The van der Waals surface area contributed by atoms with Gasteiger partial charge in [0.15, 0.2) is 12.3 Å². The Morgan fingerprint density at radius 2 is 1.41 bits per heavy atom. The molecule has 0 unspecified atom stereocenters. The van der Waals surface area contributed by atoms with Gasteiger partial charge in [-0.15, -0.1) is 0 Å². The number of anilines is 1. The van der Waals surface area contributed by atoms with Gasteiger partial charge in [-0.3, -0.25) is 0 Å². The van der Waals surface area contributed by atoms with E-state index in [-0.39, 0.29) is 0 Å². The fourth-order valence-corrected chi connectivity index (χ4v) is 5.38. The summed E-state index contributed by atoms with van der Waals surface area (Å²) in [6.45, 7) is 6.26. The number of benzene rings is 4. The Kier molecular flexibility index (Phi) is 7.99. The van der Waals surface area contributed by atoms with E-state index in [9.17, 15) is 0 Å². The number of aromatic nitrogens is 1. The molecule has 0 saturated heterocycles. The molecule has 4 heteroatoms. The normalized spacial score (nSPS) is 13.8. The van der Waals surface area contributed by atoms with Crippen molar-refractivity contribution in [3.8, 4) is 28.0 Å². The van der Waals surface area contributed by atoms with Crippen molar-refractivity contribution >= 4 is 22.9 Å². The van der Waals surface area contributed by atoms with Crippen LogP contribution in [0.15, 0.2) is 120 Å². The molecule has 0 spiro atoms. The summed E-state index contributed by atoms with van der Waals surface area (Å²) in [6, 6.07) is 34.0. The van der Waals surface area contributed by atoms with Gasteiger partial charge in [-0.25, -0.2) is 0 Å². The van der Waals surface area contributed by atoms with E-state index < -0.39 is 0 Å². The van der Waals surface area contributed by atoms with E-state index in [2.05, 4.69) is 139 Å². The molecule has 0 bridgehead atoms. The lowest BCUT2D eigenvalue weighted by Crippen LogP contribution is -2.35. The zero-order chi connectivity index (χ0) is 28.0. The molecular formula is C37H37N2O2+. The van der Waals surface area contributed by atoms with Gasteiger partial charge in [0.2, 0.25) is 11.5 Å². The maximum absolute atomic E-state index is 6.36. The maximum atomic E-state index is 6.36. The van der Waals surface area contributed by atoms with Crippen molar-refractivity contribution in [2.75, 3.05) is 11.4 Å². The summed E-state index contributed by atoms with van der Waals surface area (Å²) in [5, 5.41) is 0. The lowest BCUT2D eigenvalue weighted by atomic mass is 10.0. The number of hydrogen-bond donors (Lipinski definition) is 0. The molecule has 1 aliphatic heterocycles. The molecule has 0 radical (unpaired) electrons. The predicted molar refractivity (Wildman–Crippen MR) is 169 cm³/mol. The Hall–Kier alpha value is -4.57. The molecule has 1 aliphatic rings. The van der Waals surface area contributed by atoms with Crippen LogP contribution >= 0.6 is 0 Å². The number of unbranched alkanes of at least 4 members (excludes halogenated alkanes) is 2. The molecule has 206 valence electrons. The zero-order valence-electron chi connectivity index (χ0n) is 23.9. The van der Waals surface area contributed by atoms with E-state index in [0.29, 0.717) is 0 Å². The molecule has 1 aromatic heterocycles. The van der Waals surface area contributed by atoms with E-state index in [1.807, 2.05) is 0 Å². The molecule has 0 saturated carbocycles. The first-order valence-corrected chi connectivity index (χ1v) is 14.8. The lowest BCUT2D eigenvalue weighted by molar-refractivity contribution is -0.678. The van der Waals surface area contributed by atoms with Crippen LogP contribution in [-0.2, 0) is 6.54 Å². The third-order valence-corrected chi connectivity index (χ3v) is 7.62. The van der Waals surface area contributed by atoms with Crippen LogP contribution in [0.1, 0.15) is 45.4 Å². The predicted octanol–water partition coefficient (Wildman–Crippen LogP) is 9.41. The highest BCUT2D eigenvalue weighted by atomic mass is 16.5. The standard InChI is InChI=1S/C37H37N2O2/c1-3-5-24-38-32-26-30(28-14-9-7-10-15-28)20-22-34(32)40-36(38)18-13-19-37-39(25-6-4-2)33-27-31(21-23-35(33)41-37)29-16-11-8-12-17-29/h7-23,26-27H,3-6,24-25H2,1-2H3/q+1. The Balaban J connectivity index is 1.32. The summed E-state index contributed by atoms with van der Waals surface area (Å²) in [5.41, 5.74) is 7.95. The van der Waals surface area contributed by atoms with Gasteiger partial charge < -0.3 is 14.1 Å². The third-order valence-electron chi connectivity index (χ3n) is 7.62. The van der Waals surface area contributed by atoms with E-state index >= 15 is 0 Å². The number of nitrogens with zero attached hydrogens (tertiary/aromatic N) is 2. The van der Waals surface area contributed by atoms with Crippen LogP contribution in [0, 0.1) is 0 Å². The Morgan fingerprint density at radius 1 is 0.732 bits per heavy atom. The fourth-order valence-electron chi connectivity index (χ4n) is 5.38. The smallest absolute Gasteiger partial charge is 0.374 e. The van der Waals surface area contributed by atoms with Crippen molar-refractivity contribution in [1.29, 1.82) is 0 Å². The number of hydrogen-bond acceptors (Lipinski definition) is 3. The first-order valence-electron chi connectivity index (χ1n) is 14.8. The van der Waals surface area contributed by atoms with Crippen molar-refractivity contribution in [2.24, 2.45) is 0 Å². The first kappa shape index (κ1) is 26.6. The van der Waals surface area contributed by atoms with Crippen molar-refractivity contribution in [2.45, 2.75) is 46.1 Å². The van der Waals surface area contributed by atoms with E-state index in [0.717, 1.165) is 73.1 Å². The van der Waals surface area contributed by atoms with Crippen LogP contribution in [0.3, 0.4) is 0 Å². The average Bonchev–Trinajstić information content (AvgIpc) is 3.55. The van der Waals surface area contributed by atoms with Gasteiger partial charge in [0, 0.05) is 19.0 Å². The Labute approximate surface area is 242 Å². The average molecular weight is 542 g/mol. The van der Waals surface area contributed by atoms with Crippen molar-refractivity contribution in [3.63, 3.8) is 0 Å². The molecule has 5 aromatic rings. The minimum absolute atomic E-state index is 0.845. The number of allylic oxidation sites excluding steroid dienone is 2. The molecule has 0 fully saturated rings. The molecule has 0 N–H and O–H groups in total. The van der Waals surface area contributed by atoms with Crippen LogP contribution in [0.5, 0.6) is 5.75 Å². The molecule has 2 heterocycles. The molecule has 0 atom stereocenters. The van der Waals surface area contributed by atoms with Gasteiger partial charge in [0.05, 0.1) is 11.8 Å². The molecule has 6 rings (SSSR count). The van der Waals surface area contributed by atoms with Crippen LogP contribution in [0.4, 0.5) is 5.69 Å². The first-order chi connectivity index (χ1) is 20.2. The van der Waals surface area contributed by atoms with Crippen molar-refractivity contribution < 1.29 is 13.7 Å². The van der Waals surface area contributed by atoms with Gasteiger partial charge in [-0.05, 0) is 59.0 Å². The number of oxazole rings is 1. The van der Waals surface area contributed by atoms with Gasteiger partial charge in [-0.2, -0.15) is 4.57 Å². The topological polar surface area (TPSA) is 29.5 Å². The van der Waals surface area contributed by atoms with Crippen molar-refractivity contribution in [1.82, 2.24) is 0 Å². The minimum atomic E-state index is 0.845. The van der Waals surface area contributed by atoms with Gasteiger partial charge in [0.1, 0.15) is 0 Å². The van der Waals surface area contributed by atoms with E-state index in [1.54, 1.807) is 0 Å². The highest BCUT2D eigenvalue weighted by Gasteiger charge is 2.26. The molecule has 4 aromatic carbocycles. The second-order valence-electron chi connectivity index (χ2n) is 10.5. The SMILES string of the molecule is CCCCN1/C(=C/C=C/c2oc3ccc(-c4ccccc4)cc3[n+]2CCCC)Oc2ccc(-c3ccccc3)cc21. The largest absolute Gasteiger partial charge is 0.439 e. The van der Waals surface area contributed by atoms with E-state index in [4.69, 9.17) is 9.15 Å². The molecular weight excluding hydrogens is 504 g/mol. The zero-order valence-corrected chi connectivity index (χ0v) is 23.9. The van der Waals surface area contributed by atoms with Crippen LogP contribution < -0.4 is 14.2 Å². The van der Waals surface area contributed by atoms with Crippen LogP contribution in [-0.4, -0.2) is 6.54 Å². The van der Waals surface area contributed by atoms with Crippen molar-refractivity contribution in [3.05, 3.63) is 121 Å². The summed E-state index contributed by atoms with van der Waals surface area (Å²) >= 11 is 0. The lowest BCUT2D eigenvalue weighted by Gasteiger charge is -2.18. The van der Waals surface area contributed by atoms with Crippen LogP contribution in [0.25, 0.3) is 39.4 Å². The molecule has 0 aliphatic carbocycles. The minimum Gasteiger partial charge on any atom is -0.439 e. The number of ether oxygens (including phenoxy) is 1. The monoisotopic (exact) mass is 541 g/mol. The summed E-state index contributed by atoms with van der Waals surface area (Å²) in [5.74, 6) is 2.59. The highest BCUT2D eigenvalue weighted by molar-refractivity contribution is 5.79. The number of aryl methyl sites for hydroxylation is 1. The van der Waals surface area contributed by atoms with Gasteiger partial charge >= 0.3 is 5.89 Å². The van der Waals surface area contributed by atoms with Gasteiger partial charge in [-0.1, -0.05) is 99.5 Å². The van der Waals surface area contributed by atoms with Gasteiger partial charge in [0.25, 0.3) is 5.52 Å². The second kappa shape index (κ2) is 12.3. The van der Waals surface area contributed by atoms with E-state index in [1.165, 1.54) is 22.3 Å². The summed E-state index contributed by atoms with van der Waals surface area (Å²) in [7, 11) is 0. The number of rotatable bonds is 10. The second-order valence-corrected chi connectivity index (χ2v) is 10.5. The highest BCUT2D eigenvalue weighted by Crippen LogP contribution is 2.41. The third kappa shape index (κ3) is 5.69. The Bertz CT molecular complexity index is 1680. The fraction of sp³-hybridized carbons (Fsp3) is 0.216. The molecule has 41 heavy (non-hydrogen) atoms. The summed E-state index contributed by atoms with van der Waals surface area (Å²) in [6.07, 6.45) is 10.6. The van der Waals surface area contributed by atoms with Crippen LogP contribution in [0.2, 0.25) is 0 Å². The summed E-state index contributed by atoms with van der Waals surface area (Å²) in [4.78, 5) is 2.30. The quantitative estimate of drug-likeness (QED) is 0.165. The number of fused-ring (bicyclic) bond motifs is 2. The maximum Gasteiger partial charge on any atom is 0.374 e.